The SMILES string of the molecule is Cc1ccc(COC(=O)CCc2ccc(N)cc2)cc1. The molecule has 2 rings (SSSR count). The third kappa shape index (κ3) is 4.43. The van der Waals surface area contributed by atoms with Gasteiger partial charge in [0, 0.05) is 12.1 Å². The first-order valence-electron chi connectivity index (χ1n) is 6.69. The second-order valence-electron chi connectivity index (χ2n) is 4.89. The van der Waals surface area contributed by atoms with Gasteiger partial charge in [-0.3, -0.25) is 4.79 Å². The normalized spacial score (nSPS) is 10.2. The molecule has 104 valence electrons. The largest absolute Gasteiger partial charge is 0.461 e. The van der Waals surface area contributed by atoms with Crippen molar-refractivity contribution in [3.63, 3.8) is 0 Å². The minimum absolute atomic E-state index is 0.178. The fourth-order valence-corrected chi connectivity index (χ4v) is 1.85. The van der Waals surface area contributed by atoms with Gasteiger partial charge in [0.25, 0.3) is 0 Å². The highest BCUT2D eigenvalue weighted by atomic mass is 16.5. The molecule has 0 aliphatic carbocycles. The molecule has 0 heterocycles. The van der Waals surface area contributed by atoms with Gasteiger partial charge in [-0.05, 0) is 36.6 Å². The van der Waals surface area contributed by atoms with Crippen LogP contribution < -0.4 is 5.73 Å². The predicted octanol–water partition coefficient (Wildman–Crippen LogP) is 3.25. The molecule has 0 saturated carbocycles. The number of benzene rings is 2. The predicted molar refractivity (Wildman–Crippen MR) is 80.2 cm³/mol. The zero-order valence-electron chi connectivity index (χ0n) is 11.6. The molecule has 0 bridgehead atoms. The van der Waals surface area contributed by atoms with E-state index in [1.165, 1.54) is 5.56 Å². The topological polar surface area (TPSA) is 52.3 Å². The van der Waals surface area contributed by atoms with Gasteiger partial charge in [0.05, 0.1) is 0 Å². The van der Waals surface area contributed by atoms with Gasteiger partial charge >= 0.3 is 5.97 Å². The fourth-order valence-electron chi connectivity index (χ4n) is 1.85. The van der Waals surface area contributed by atoms with E-state index in [0.717, 1.165) is 16.8 Å². The van der Waals surface area contributed by atoms with Crippen molar-refractivity contribution >= 4 is 11.7 Å². The monoisotopic (exact) mass is 269 g/mol. The maximum Gasteiger partial charge on any atom is 0.306 e. The van der Waals surface area contributed by atoms with Crippen molar-refractivity contribution in [2.75, 3.05) is 5.73 Å². The minimum atomic E-state index is -0.178. The van der Waals surface area contributed by atoms with Crippen LogP contribution in [0, 0.1) is 6.92 Å². The summed E-state index contributed by atoms with van der Waals surface area (Å²) in [6, 6.07) is 15.5. The van der Waals surface area contributed by atoms with Crippen LogP contribution in [0.15, 0.2) is 48.5 Å². The molecule has 0 saturated heterocycles. The van der Waals surface area contributed by atoms with Gasteiger partial charge < -0.3 is 10.5 Å². The minimum Gasteiger partial charge on any atom is -0.461 e. The molecule has 0 aliphatic heterocycles. The Labute approximate surface area is 119 Å². The van der Waals surface area contributed by atoms with E-state index in [-0.39, 0.29) is 5.97 Å². The second-order valence-corrected chi connectivity index (χ2v) is 4.89. The Hall–Kier alpha value is -2.29. The Kier molecular flexibility index (Phi) is 4.77. The number of ether oxygens (including phenoxy) is 1. The van der Waals surface area contributed by atoms with Crippen LogP contribution in [0.1, 0.15) is 23.1 Å². The average molecular weight is 269 g/mol. The lowest BCUT2D eigenvalue weighted by Gasteiger charge is -2.06. The van der Waals surface area contributed by atoms with Gasteiger partial charge in [-0.25, -0.2) is 0 Å². The van der Waals surface area contributed by atoms with E-state index in [4.69, 9.17) is 10.5 Å². The quantitative estimate of drug-likeness (QED) is 0.669. The van der Waals surface area contributed by atoms with Crippen LogP contribution >= 0.6 is 0 Å². The molecular formula is C17H19NO2. The maximum atomic E-state index is 11.7. The Morgan fingerprint density at radius 1 is 1.00 bits per heavy atom. The number of nitrogen functional groups attached to an aromatic ring is 1. The van der Waals surface area contributed by atoms with Gasteiger partial charge in [0.1, 0.15) is 6.61 Å². The first-order valence-corrected chi connectivity index (χ1v) is 6.69. The second kappa shape index (κ2) is 6.75. The number of nitrogens with two attached hydrogens (primary N) is 1. The van der Waals surface area contributed by atoms with E-state index in [2.05, 4.69) is 0 Å². The lowest BCUT2D eigenvalue weighted by molar-refractivity contribution is -0.144. The van der Waals surface area contributed by atoms with Crippen LogP contribution in [0.25, 0.3) is 0 Å². The van der Waals surface area contributed by atoms with Crippen molar-refractivity contribution in [2.24, 2.45) is 0 Å². The average Bonchev–Trinajstić information content (AvgIpc) is 2.46. The van der Waals surface area contributed by atoms with Gasteiger partial charge in [-0.15, -0.1) is 0 Å². The van der Waals surface area contributed by atoms with Crippen LogP contribution in [0.2, 0.25) is 0 Å². The van der Waals surface area contributed by atoms with E-state index < -0.39 is 0 Å². The molecule has 3 heteroatoms. The summed E-state index contributed by atoms with van der Waals surface area (Å²) in [5.74, 6) is -0.178. The highest BCUT2D eigenvalue weighted by molar-refractivity contribution is 5.69. The number of esters is 1. The Bertz CT molecular complexity index is 507. The zero-order valence-corrected chi connectivity index (χ0v) is 11.6. The van der Waals surface area contributed by atoms with Crippen molar-refractivity contribution in [1.29, 1.82) is 0 Å². The van der Waals surface area contributed by atoms with Crippen LogP contribution in [0.3, 0.4) is 0 Å². The molecular weight excluding hydrogens is 250 g/mol. The highest BCUT2D eigenvalue weighted by Crippen LogP contribution is 2.09. The van der Waals surface area contributed by atoms with E-state index in [0.29, 0.717) is 19.4 Å². The Balaban J connectivity index is 1.75. The molecule has 0 unspecified atom stereocenters. The molecule has 2 N–H and O–H groups in total. The summed E-state index contributed by atoms with van der Waals surface area (Å²) in [7, 11) is 0. The lowest BCUT2D eigenvalue weighted by atomic mass is 10.1. The van der Waals surface area contributed by atoms with Gasteiger partial charge in [0.15, 0.2) is 0 Å². The van der Waals surface area contributed by atoms with Crippen LogP contribution in [-0.2, 0) is 22.6 Å². The molecule has 0 atom stereocenters. The standard InChI is InChI=1S/C17H19NO2/c1-13-2-4-15(5-3-13)12-20-17(19)11-8-14-6-9-16(18)10-7-14/h2-7,9-10H,8,11-12,18H2,1H3. The number of aryl methyl sites for hydroxylation is 2. The molecule has 0 amide bonds. The summed E-state index contributed by atoms with van der Waals surface area (Å²) >= 11 is 0. The smallest absolute Gasteiger partial charge is 0.306 e. The first kappa shape index (κ1) is 14.1. The summed E-state index contributed by atoms with van der Waals surface area (Å²) in [6.07, 6.45) is 1.06. The third-order valence-corrected chi connectivity index (χ3v) is 3.12. The number of rotatable bonds is 5. The van der Waals surface area contributed by atoms with Gasteiger partial charge in [0.2, 0.25) is 0 Å². The fraction of sp³-hybridized carbons (Fsp3) is 0.235. The Morgan fingerprint density at radius 2 is 1.60 bits per heavy atom. The highest BCUT2D eigenvalue weighted by Gasteiger charge is 2.04. The van der Waals surface area contributed by atoms with Crippen LogP contribution in [-0.4, -0.2) is 5.97 Å². The van der Waals surface area contributed by atoms with Crippen molar-refractivity contribution < 1.29 is 9.53 Å². The lowest BCUT2D eigenvalue weighted by Crippen LogP contribution is -2.06. The van der Waals surface area contributed by atoms with Crippen LogP contribution in [0.5, 0.6) is 0 Å². The number of carbonyl (C=O) groups is 1. The van der Waals surface area contributed by atoms with Gasteiger partial charge in [-0.2, -0.15) is 0 Å². The van der Waals surface area contributed by atoms with E-state index in [1.807, 2.05) is 55.5 Å². The number of hydrogen-bond acceptors (Lipinski definition) is 3. The zero-order chi connectivity index (χ0) is 14.4. The molecule has 20 heavy (non-hydrogen) atoms. The van der Waals surface area contributed by atoms with Crippen LogP contribution in [0.4, 0.5) is 5.69 Å². The van der Waals surface area contributed by atoms with E-state index in [1.54, 1.807) is 0 Å². The summed E-state index contributed by atoms with van der Waals surface area (Å²) < 4.78 is 5.25. The Morgan fingerprint density at radius 3 is 2.25 bits per heavy atom. The molecule has 2 aromatic carbocycles. The van der Waals surface area contributed by atoms with E-state index >= 15 is 0 Å². The maximum absolute atomic E-state index is 11.7. The summed E-state index contributed by atoms with van der Waals surface area (Å²) in [5, 5.41) is 0. The third-order valence-electron chi connectivity index (χ3n) is 3.12. The molecule has 0 aliphatic rings. The summed E-state index contributed by atoms with van der Waals surface area (Å²) in [6.45, 7) is 2.36. The van der Waals surface area contributed by atoms with Crippen molar-refractivity contribution in [3.8, 4) is 0 Å². The summed E-state index contributed by atoms with van der Waals surface area (Å²) in [5.41, 5.74) is 9.64. The van der Waals surface area contributed by atoms with Crippen molar-refractivity contribution in [2.45, 2.75) is 26.4 Å². The number of hydrogen-bond donors (Lipinski definition) is 1. The number of carbonyl (C=O) groups excluding carboxylic acids is 1. The van der Waals surface area contributed by atoms with Crippen molar-refractivity contribution in [1.82, 2.24) is 0 Å². The molecule has 2 aromatic rings. The number of anilines is 1. The molecule has 0 aromatic heterocycles. The van der Waals surface area contributed by atoms with Crippen molar-refractivity contribution in [3.05, 3.63) is 65.2 Å². The molecule has 3 nitrogen and oxygen atoms in total. The summed E-state index contributed by atoms with van der Waals surface area (Å²) in [4.78, 5) is 11.7. The van der Waals surface area contributed by atoms with Gasteiger partial charge in [-0.1, -0.05) is 42.0 Å². The first-order chi connectivity index (χ1) is 9.63. The molecule has 0 radical (unpaired) electrons. The molecule has 0 fully saturated rings. The van der Waals surface area contributed by atoms with E-state index in [9.17, 15) is 4.79 Å². The molecule has 0 spiro atoms.